The third kappa shape index (κ3) is 6.12. The van der Waals surface area contributed by atoms with Crippen LogP contribution >= 0.6 is 11.3 Å². The smallest absolute Gasteiger partial charge is 0.328 e. The van der Waals surface area contributed by atoms with Gasteiger partial charge in [0.25, 0.3) is 11.5 Å². The van der Waals surface area contributed by atoms with E-state index in [2.05, 4.69) is 11.4 Å². The van der Waals surface area contributed by atoms with E-state index in [0.717, 1.165) is 24.2 Å². The fourth-order valence-electron chi connectivity index (χ4n) is 5.06. The third-order valence-corrected chi connectivity index (χ3v) is 8.32. The number of anilines is 1. The first-order chi connectivity index (χ1) is 20.3. The third-order valence-electron chi connectivity index (χ3n) is 7.21. The molecule has 1 saturated heterocycles. The average molecular weight is 587 g/mol. The number of rotatable bonds is 8. The first-order valence-electron chi connectivity index (χ1n) is 13.5. The van der Waals surface area contributed by atoms with E-state index in [1.54, 1.807) is 36.4 Å². The van der Waals surface area contributed by atoms with Crippen LogP contribution in [0.15, 0.2) is 59.4 Å². The number of nitrogens with two attached hydrogens (primary N) is 1. The van der Waals surface area contributed by atoms with Gasteiger partial charge < -0.3 is 25.8 Å². The summed E-state index contributed by atoms with van der Waals surface area (Å²) in [5.41, 5.74) is 8.13. The molecule has 0 saturated carbocycles. The average Bonchev–Trinajstić information content (AvgIpc) is 3.44. The second-order valence-electron chi connectivity index (χ2n) is 10.2. The molecule has 1 amide bonds. The van der Waals surface area contributed by atoms with Crippen LogP contribution < -0.4 is 21.5 Å². The Morgan fingerprint density at radius 1 is 1.26 bits per heavy atom. The van der Waals surface area contributed by atoms with Gasteiger partial charge >= 0.3 is 5.97 Å². The predicted molar refractivity (Wildman–Crippen MR) is 159 cm³/mol. The highest BCUT2D eigenvalue weighted by molar-refractivity contribution is 7.20. The predicted octanol–water partition coefficient (Wildman–Crippen LogP) is 2.53. The van der Waals surface area contributed by atoms with Crippen LogP contribution in [-0.4, -0.2) is 58.8 Å². The minimum absolute atomic E-state index is 0.0705. The molecule has 0 radical (unpaired) electrons. The number of nitriles is 1. The van der Waals surface area contributed by atoms with Crippen molar-refractivity contribution in [2.24, 2.45) is 5.73 Å². The van der Waals surface area contributed by atoms with Crippen LogP contribution in [0.1, 0.15) is 39.2 Å². The first kappa shape index (κ1) is 28.8. The Morgan fingerprint density at radius 2 is 2.02 bits per heavy atom. The molecule has 1 aliphatic rings. The molecule has 0 aliphatic carbocycles. The van der Waals surface area contributed by atoms with Crippen molar-refractivity contribution < 1.29 is 19.4 Å². The number of fused-ring (bicyclic) bond motifs is 1. The molecule has 4 aromatic rings. The number of hydrogen-bond acceptors (Lipinski definition) is 10. The van der Waals surface area contributed by atoms with Crippen LogP contribution in [0.3, 0.4) is 0 Å². The lowest BCUT2D eigenvalue weighted by Gasteiger charge is -2.33. The summed E-state index contributed by atoms with van der Waals surface area (Å²) in [5.74, 6) is -0.657. The number of piperidine rings is 1. The zero-order chi connectivity index (χ0) is 29.8. The number of thiophene rings is 1. The maximum absolute atomic E-state index is 13.9. The second kappa shape index (κ2) is 12.4. The number of methoxy groups -OCH3 is 1. The number of aromatic nitrogens is 2. The molecule has 12 heteroatoms. The number of carbonyl (C=O) groups is 2. The molecule has 2 atom stereocenters. The van der Waals surface area contributed by atoms with Gasteiger partial charge in [0.1, 0.15) is 16.5 Å². The molecule has 42 heavy (non-hydrogen) atoms. The quantitative estimate of drug-likeness (QED) is 0.263. The van der Waals surface area contributed by atoms with Gasteiger partial charge in [-0.2, -0.15) is 5.26 Å². The molecule has 2 unspecified atom stereocenters. The zero-order valence-electron chi connectivity index (χ0n) is 22.9. The van der Waals surface area contributed by atoms with E-state index in [4.69, 9.17) is 15.5 Å². The Bertz CT molecular complexity index is 1730. The maximum atomic E-state index is 13.9. The van der Waals surface area contributed by atoms with Crippen LogP contribution in [0, 0.1) is 11.3 Å². The van der Waals surface area contributed by atoms with Crippen LogP contribution in [-0.2, 0) is 22.5 Å². The number of esters is 1. The number of carbonyl (C=O) groups excluding carboxylic acids is 2. The number of phenolic OH excluding ortho intramolecular Hbond substituents is 1. The topological polar surface area (TPSA) is 164 Å². The number of nitrogens with one attached hydrogen (secondary N) is 1. The van der Waals surface area contributed by atoms with E-state index in [1.165, 1.54) is 23.8 Å². The summed E-state index contributed by atoms with van der Waals surface area (Å²) in [5, 5.41) is 21.9. The van der Waals surface area contributed by atoms with Crippen LogP contribution in [0.5, 0.6) is 5.75 Å². The number of ether oxygens (including phenoxy) is 1. The van der Waals surface area contributed by atoms with E-state index in [0.29, 0.717) is 41.2 Å². The van der Waals surface area contributed by atoms with Gasteiger partial charge in [-0.3, -0.25) is 14.2 Å². The molecule has 2 aromatic carbocycles. The van der Waals surface area contributed by atoms with Gasteiger partial charge in [-0.25, -0.2) is 9.78 Å². The summed E-state index contributed by atoms with van der Waals surface area (Å²) in [4.78, 5) is 46.8. The normalized spacial score (nSPS) is 15.6. The van der Waals surface area contributed by atoms with Gasteiger partial charge in [0.15, 0.2) is 0 Å². The fourth-order valence-corrected chi connectivity index (χ4v) is 6.01. The summed E-state index contributed by atoms with van der Waals surface area (Å²) in [6.07, 6.45) is 1.86. The minimum Gasteiger partial charge on any atom is -0.508 e. The van der Waals surface area contributed by atoms with Crippen molar-refractivity contribution >= 4 is 39.4 Å². The second-order valence-corrected chi connectivity index (χ2v) is 11.2. The molecule has 5 rings (SSSR count). The SMILES string of the molecule is COC(=O)C(Cc1ccc(O)cc1)NC(=O)c1cc2nc(N3CCCC(N)C3)n(Cc3ccccc3C#N)c(=O)c2s1. The number of nitrogens with zero attached hydrogens (tertiary/aromatic N) is 4. The molecule has 4 N–H and O–H groups in total. The largest absolute Gasteiger partial charge is 0.508 e. The molecule has 1 aliphatic heterocycles. The van der Waals surface area contributed by atoms with E-state index in [1.807, 2.05) is 11.0 Å². The van der Waals surface area contributed by atoms with E-state index in [9.17, 15) is 24.8 Å². The highest BCUT2D eigenvalue weighted by atomic mass is 32.1. The lowest BCUT2D eigenvalue weighted by Crippen LogP contribution is -2.45. The van der Waals surface area contributed by atoms with Gasteiger partial charge in [-0.1, -0.05) is 30.3 Å². The standard InChI is InChI=1S/C30H30N6O5S/c1-41-29(40)24(13-18-8-10-22(37)11-9-18)33-27(38)25-14-23-26(42-25)28(39)36(16-20-6-3-2-5-19(20)15-31)30(34-23)35-12-4-7-21(32)17-35/h2-3,5-6,8-11,14,21,24,37H,4,7,12-13,16-17,32H2,1H3,(H,33,38). The summed E-state index contributed by atoms with van der Waals surface area (Å²) in [6.45, 7) is 1.32. The Balaban J connectivity index is 1.51. The van der Waals surface area contributed by atoms with Crippen molar-refractivity contribution in [3.63, 3.8) is 0 Å². The van der Waals surface area contributed by atoms with Crippen molar-refractivity contribution in [1.29, 1.82) is 5.26 Å². The van der Waals surface area contributed by atoms with Crippen LogP contribution in [0.4, 0.5) is 5.95 Å². The summed E-state index contributed by atoms with van der Waals surface area (Å²) < 4.78 is 6.73. The molecular weight excluding hydrogens is 556 g/mol. The number of benzene rings is 2. The van der Waals surface area contributed by atoms with Gasteiger partial charge in [0, 0.05) is 25.6 Å². The lowest BCUT2D eigenvalue weighted by atomic mass is 10.1. The van der Waals surface area contributed by atoms with Gasteiger partial charge in [-0.05, 0) is 48.2 Å². The van der Waals surface area contributed by atoms with Crippen LogP contribution in [0.2, 0.25) is 0 Å². The zero-order valence-corrected chi connectivity index (χ0v) is 23.8. The van der Waals surface area contributed by atoms with Crippen molar-refractivity contribution in [3.05, 3.63) is 86.5 Å². The Morgan fingerprint density at radius 3 is 2.74 bits per heavy atom. The summed E-state index contributed by atoms with van der Waals surface area (Å²) >= 11 is 0.991. The maximum Gasteiger partial charge on any atom is 0.328 e. The highest BCUT2D eigenvalue weighted by Crippen LogP contribution is 2.26. The summed E-state index contributed by atoms with van der Waals surface area (Å²) in [7, 11) is 1.24. The van der Waals surface area contributed by atoms with Crippen molar-refractivity contribution in [2.45, 2.75) is 37.9 Å². The Labute approximate surface area is 245 Å². The molecule has 216 valence electrons. The molecule has 2 aromatic heterocycles. The molecule has 11 nitrogen and oxygen atoms in total. The Kier molecular flexibility index (Phi) is 8.51. The molecule has 1 fully saturated rings. The summed E-state index contributed by atoms with van der Waals surface area (Å²) in [6, 6.07) is 16.0. The van der Waals surface area contributed by atoms with Crippen molar-refractivity contribution in [2.75, 3.05) is 25.1 Å². The highest BCUT2D eigenvalue weighted by Gasteiger charge is 2.27. The first-order valence-corrected chi connectivity index (χ1v) is 14.3. The number of amides is 1. The van der Waals surface area contributed by atoms with Crippen molar-refractivity contribution in [1.82, 2.24) is 14.9 Å². The molecule has 0 spiro atoms. The monoisotopic (exact) mass is 586 g/mol. The minimum atomic E-state index is -0.991. The lowest BCUT2D eigenvalue weighted by molar-refractivity contribution is -0.142. The fraction of sp³-hybridized carbons (Fsp3) is 0.300. The van der Waals surface area contributed by atoms with Crippen LogP contribution in [0.25, 0.3) is 10.2 Å². The Hall–Kier alpha value is -4.73. The van der Waals surface area contributed by atoms with E-state index in [-0.39, 0.29) is 39.9 Å². The van der Waals surface area contributed by atoms with Gasteiger partial charge in [0.05, 0.1) is 35.7 Å². The number of hydrogen-bond donors (Lipinski definition) is 3. The van der Waals surface area contributed by atoms with E-state index < -0.39 is 17.9 Å². The number of phenols is 1. The number of aromatic hydroxyl groups is 1. The van der Waals surface area contributed by atoms with Gasteiger partial charge in [-0.15, -0.1) is 11.3 Å². The van der Waals surface area contributed by atoms with Crippen molar-refractivity contribution in [3.8, 4) is 11.8 Å². The molecular formula is C30H30N6O5S. The molecule has 0 bridgehead atoms. The molecule has 3 heterocycles. The van der Waals surface area contributed by atoms with E-state index >= 15 is 0 Å². The van der Waals surface area contributed by atoms with Gasteiger partial charge in [0.2, 0.25) is 5.95 Å².